The summed E-state index contributed by atoms with van der Waals surface area (Å²) in [6, 6.07) is 4.09. The van der Waals surface area contributed by atoms with Gasteiger partial charge in [-0.3, -0.25) is 14.9 Å². The van der Waals surface area contributed by atoms with Crippen LogP contribution >= 0.6 is 11.6 Å². The number of sulfone groups is 1. The molecule has 0 aliphatic carbocycles. The third-order valence-corrected chi connectivity index (χ3v) is 5.43. The van der Waals surface area contributed by atoms with Crippen molar-refractivity contribution in [2.24, 2.45) is 5.92 Å². The van der Waals surface area contributed by atoms with Gasteiger partial charge in [0.25, 0.3) is 5.91 Å². The summed E-state index contributed by atoms with van der Waals surface area (Å²) in [5, 5.41) is 13.4. The molecule has 114 valence electrons. The molecule has 1 aliphatic heterocycles. The molecule has 7 nitrogen and oxygen atoms in total. The number of rotatable bonds is 4. The number of nitro groups is 1. The first-order valence-corrected chi connectivity index (χ1v) is 8.41. The van der Waals surface area contributed by atoms with Gasteiger partial charge in [-0.05, 0) is 24.5 Å². The average molecular weight is 333 g/mol. The summed E-state index contributed by atoms with van der Waals surface area (Å²) in [6.45, 7) is 0.168. The van der Waals surface area contributed by atoms with E-state index in [0.29, 0.717) is 6.42 Å². The van der Waals surface area contributed by atoms with Crippen LogP contribution < -0.4 is 5.32 Å². The summed E-state index contributed by atoms with van der Waals surface area (Å²) in [6.07, 6.45) is 0.486. The largest absolute Gasteiger partial charge is 0.352 e. The first-order chi connectivity index (χ1) is 9.80. The molecule has 1 heterocycles. The Kier molecular flexibility index (Phi) is 4.48. The maximum Gasteiger partial charge on any atom is 0.300 e. The summed E-state index contributed by atoms with van der Waals surface area (Å²) < 4.78 is 22.6. The molecule has 1 atom stereocenters. The third-order valence-electron chi connectivity index (χ3n) is 3.29. The number of para-hydroxylation sites is 1. The molecule has 1 fully saturated rings. The van der Waals surface area contributed by atoms with E-state index in [1.807, 2.05) is 0 Å². The van der Waals surface area contributed by atoms with Crippen LogP contribution in [0.25, 0.3) is 0 Å². The summed E-state index contributed by atoms with van der Waals surface area (Å²) in [4.78, 5) is 22.3. The molecule has 0 saturated carbocycles. The Balaban J connectivity index is 2.08. The van der Waals surface area contributed by atoms with E-state index in [4.69, 9.17) is 11.6 Å². The quantitative estimate of drug-likeness (QED) is 0.662. The van der Waals surface area contributed by atoms with Gasteiger partial charge in [-0.2, -0.15) is 0 Å². The highest BCUT2D eigenvalue weighted by Gasteiger charge is 2.29. The van der Waals surface area contributed by atoms with Crippen molar-refractivity contribution in [1.82, 2.24) is 5.32 Å². The predicted octanol–water partition coefficient (Wildman–Crippen LogP) is 1.41. The maximum atomic E-state index is 12.0. The number of carbonyl (C=O) groups is 1. The van der Waals surface area contributed by atoms with Gasteiger partial charge in [0.2, 0.25) is 0 Å². The molecule has 0 spiro atoms. The number of benzene rings is 1. The number of nitrogens with zero attached hydrogens (tertiary/aromatic N) is 1. The molecular formula is C12H13ClN2O5S. The Labute approximate surface area is 126 Å². The Morgan fingerprint density at radius 1 is 1.48 bits per heavy atom. The van der Waals surface area contributed by atoms with E-state index in [-0.39, 0.29) is 34.6 Å². The lowest BCUT2D eigenvalue weighted by molar-refractivity contribution is -0.385. The van der Waals surface area contributed by atoms with Crippen molar-refractivity contribution in [2.75, 3.05) is 18.1 Å². The van der Waals surface area contributed by atoms with Crippen molar-refractivity contribution in [3.05, 3.63) is 38.9 Å². The number of hydrogen-bond acceptors (Lipinski definition) is 5. The zero-order valence-electron chi connectivity index (χ0n) is 10.9. The van der Waals surface area contributed by atoms with E-state index >= 15 is 0 Å². The summed E-state index contributed by atoms with van der Waals surface area (Å²) >= 11 is 5.73. The molecule has 0 radical (unpaired) electrons. The molecule has 1 saturated heterocycles. The summed E-state index contributed by atoms with van der Waals surface area (Å²) in [7, 11) is -3.02. The molecule has 0 aromatic heterocycles. The minimum Gasteiger partial charge on any atom is -0.352 e. The van der Waals surface area contributed by atoms with Crippen molar-refractivity contribution < 1.29 is 18.1 Å². The molecule has 21 heavy (non-hydrogen) atoms. The predicted molar refractivity (Wildman–Crippen MR) is 77.2 cm³/mol. The number of nitro benzene ring substituents is 1. The van der Waals surface area contributed by atoms with E-state index in [1.54, 1.807) is 0 Å². The summed E-state index contributed by atoms with van der Waals surface area (Å²) in [5.74, 6) is -0.638. The topological polar surface area (TPSA) is 106 Å². The Morgan fingerprint density at radius 2 is 2.19 bits per heavy atom. The second-order valence-electron chi connectivity index (χ2n) is 4.87. The molecule has 9 heteroatoms. The number of amides is 1. The van der Waals surface area contributed by atoms with Gasteiger partial charge in [-0.15, -0.1) is 0 Å². The Bertz CT molecular complexity index is 689. The van der Waals surface area contributed by atoms with Crippen LogP contribution in [0.4, 0.5) is 5.69 Å². The summed E-state index contributed by atoms with van der Waals surface area (Å²) in [5.41, 5.74) is -0.580. The normalized spacial score (nSPS) is 20.1. The molecule has 1 N–H and O–H groups in total. The highest BCUT2D eigenvalue weighted by molar-refractivity contribution is 7.91. The van der Waals surface area contributed by atoms with Gasteiger partial charge in [0.1, 0.15) is 10.6 Å². The lowest BCUT2D eigenvalue weighted by atomic mass is 10.1. The fourth-order valence-corrected chi connectivity index (χ4v) is 4.35. The van der Waals surface area contributed by atoms with Crippen molar-refractivity contribution in [3.63, 3.8) is 0 Å². The number of carbonyl (C=O) groups excluding carboxylic acids is 1. The third kappa shape index (κ3) is 3.70. The molecular weight excluding hydrogens is 320 g/mol. The monoisotopic (exact) mass is 332 g/mol. The van der Waals surface area contributed by atoms with Crippen LogP contribution in [-0.2, 0) is 9.84 Å². The van der Waals surface area contributed by atoms with Gasteiger partial charge in [-0.25, -0.2) is 8.42 Å². The SMILES string of the molecule is O=C(NCC1CCS(=O)(=O)C1)c1cccc(Cl)c1[N+](=O)[O-]. The molecule has 0 bridgehead atoms. The second-order valence-corrected chi connectivity index (χ2v) is 7.51. The van der Waals surface area contributed by atoms with Crippen LogP contribution in [0.2, 0.25) is 5.02 Å². The minimum atomic E-state index is -3.02. The molecule has 1 unspecified atom stereocenters. The van der Waals surface area contributed by atoms with Gasteiger partial charge < -0.3 is 5.32 Å². The number of nitrogens with one attached hydrogen (secondary N) is 1. The highest BCUT2D eigenvalue weighted by atomic mass is 35.5. The average Bonchev–Trinajstić information content (AvgIpc) is 2.74. The lowest BCUT2D eigenvalue weighted by Gasteiger charge is -2.10. The van der Waals surface area contributed by atoms with Gasteiger partial charge in [0.05, 0.1) is 16.4 Å². The van der Waals surface area contributed by atoms with Crippen LogP contribution in [0.1, 0.15) is 16.8 Å². The molecule has 1 aromatic carbocycles. The van der Waals surface area contributed by atoms with Crippen molar-refractivity contribution in [1.29, 1.82) is 0 Å². The first-order valence-electron chi connectivity index (χ1n) is 6.21. The standard InChI is InChI=1S/C12H13ClN2O5S/c13-10-3-1-2-9(11(10)15(17)18)12(16)14-6-8-4-5-21(19,20)7-8/h1-3,8H,4-7H2,(H,14,16). The molecule has 1 aliphatic rings. The van der Waals surface area contributed by atoms with Crippen LogP contribution in [-0.4, -0.2) is 37.3 Å². The van der Waals surface area contributed by atoms with E-state index in [9.17, 15) is 23.3 Å². The zero-order chi connectivity index (χ0) is 15.6. The number of halogens is 1. The number of hydrogen-bond donors (Lipinski definition) is 1. The van der Waals surface area contributed by atoms with Gasteiger partial charge in [0, 0.05) is 6.54 Å². The van der Waals surface area contributed by atoms with Crippen molar-refractivity contribution in [3.8, 4) is 0 Å². The smallest absolute Gasteiger partial charge is 0.300 e. The zero-order valence-corrected chi connectivity index (χ0v) is 12.5. The fourth-order valence-electron chi connectivity index (χ4n) is 2.25. The van der Waals surface area contributed by atoms with Gasteiger partial charge in [0.15, 0.2) is 9.84 Å². The maximum absolute atomic E-state index is 12.0. The van der Waals surface area contributed by atoms with Crippen molar-refractivity contribution >= 4 is 33.0 Å². The first kappa shape index (κ1) is 15.7. The lowest BCUT2D eigenvalue weighted by Crippen LogP contribution is -2.30. The van der Waals surface area contributed by atoms with Gasteiger partial charge in [-0.1, -0.05) is 17.7 Å². The Morgan fingerprint density at radius 3 is 2.76 bits per heavy atom. The fraction of sp³-hybridized carbons (Fsp3) is 0.417. The van der Waals surface area contributed by atoms with Gasteiger partial charge >= 0.3 is 5.69 Å². The van der Waals surface area contributed by atoms with Crippen LogP contribution in [0, 0.1) is 16.0 Å². The molecule has 2 rings (SSSR count). The van der Waals surface area contributed by atoms with Crippen LogP contribution in [0.3, 0.4) is 0 Å². The van der Waals surface area contributed by atoms with E-state index in [0.717, 1.165) is 0 Å². The molecule has 1 amide bonds. The van der Waals surface area contributed by atoms with E-state index in [2.05, 4.69) is 5.32 Å². The molecule has 1 aromatic rings. The minimum absolute atomic E-state index is 0.0327. The highest BCUT2D eigenvalue weighted by Crippen LogP contribution is 2.28. The Hall–Kier alpha value is -1.67. The van der Waals surface area contributed by atoms with Crippen LogP contribution in [0.5, 0.6) is 0 Å². The van der Waals surface area contributed by atoms with E-state index in [1.165, 1.54) is 18.2 Å². The van der Waals surface area contributed by atoms with Crippen molar-refractivity contribution in [2.45, 2.75) is 6.42 Å². The van der Waals surface area contributed by atoms with Crippen LogP contribution in [0.15, 0.2) is 18.2 Å². The van der Waals surface area contributed by atoms with E-state index < -0.39 is 26.4 Å². The second kappa shape index (κ2) is 5.98.